The van der Waals surface area contributed by atoms with Crippen LogP contribution in [0.3, 0.4) is 0 Å². The molecule has 0 radical (unpaired) electrons. The molecule has 16 heavy (non-hydrogen) atoms. The lowest BCUT2D eigenvalue weighted by Crippen LogP contribution is -2.58. The normalized spacial score (nSPS) is 37.5. The van der Waals surface area contributed by atoms with Gasteiger partial charge < -0.3 is 5.73 Å². The Labute approximate surface area is 104 Å². The van der Waals surface area contributed by atoms with Crippen LogP contribution in [0.15, 0.2) is 0 Å². The quantitative estimate of drug-likeness (QED) is 0.823. The zero-order chi connectivity index (χ0) is 11.4. The third-order valence-electron chi connectivity index (χ3n) is 4.56. The molecule has 2 rings (SSSR count). The van der Waals surface area contributed by atoms with Crippen LogP contribution in [0.5, 0.6) is 0 Å². The molecular formula is C13H26N2S. The Kier molecular flexibility index (Phi) is 4.57. The van der Waals surface area contributed by atoms with Gasteiger partial charge in [0.05, 0.1) is 0 Å². The second-order valence-corrected chi connectivity index (χ2v) is 6.62. The van der Waals surface area contributed by atoms with E-state index in [0.29, 0.717) is 5.54 Å². The van der Waals surface area contributed by atoms with E-state index in [4.69, 9.17) is 5.73 Å². The van der Waals surface area contributed by atoms with Crippen molar-refractivity contribution in [2.75, 3.05) is 31.1 Å². The van der Waals surface area contributed by atoms with Gasteiger partial charge in [0, 0.05) is 36.7 Å². The zero-order valence-corrected chi connectivity index (χ0v) is 11.4. The van der Waals surface area contributed by atoms with Gasteiger partial charge in [-0.15, -0.1) is 0 Å². The zero-order valence-electron chi connectivity index (χ0n) is 10.6. The Hall–Kier alpha value is 0.270. The van der Waals surface area contributed by atoms with E-state index in [0.717, 1.165) is 12.5 Å². The lowest BCUT2D eigenvalue weighted by molar-refractivity contribution is 0.0429. The van der Waals surface area contributed by atoms with E-state index in [1.807, 2.05) is 0 Å². The molecule has 0 spiro atoms. The molecule has 2 nitrogen and oxygen atoms in total. The second-order valence-electron chi connectivity index (χ2n) is 5.40. The maximum atomic E-state index is 6.14. The van der Waals surface area contributed by atoms with Gasteiger partial charge in [-0.3, -0.25) is 4.90 Å². The number of hydrogen-bond acceptors (Lipinski definition) is 3. The lowest BCUT2D eigenvalue weighted by atomic mass is 9.73. The monoisotopic (exact) mass is 242 g/mol. The average Bonchev–Trinajstić information content (AvgIpc) is 2.39. The molecule has 1 saturated heterocycles. The summed E-state index contributed by atoms with van der Waals surface area (Å²) in [5.74, 6) is 3.53. The van der Waals surface area contributed by atoms with Gasteiger partial charge in [0.2, 0.25) is 0 Å². The van der Waals surface area contributed by atoms with Gasteiger partial charge in [0.25, 0.3) is 0 Å². The van der Waals surface area contributed by atoms with Crippen LogP contribution >= 0.6 is 11.8 Å². The first-order valence-corrected chi connectivity index (χ1v) is 7.99. The van der Waals surface area contributed by atoms with Crippen LogP contribution in [0, 0.1) is 5.92 Å². The summed E-state index contributed by atoms with van der Waals surface area (Å²) in [6, 6.07) is 0. The predicted octanol–water partition coefficient (Wildman–Crippen LogP) is 2.33. The number of hydrogen-bond donors (Lipinski definition) is 1. The minimum absolute atomic E-state index is 0.361. The molecule has 2 unspecified atom stereocenters. The molecule has 2 atom stereocenters. The average molecular weight is 242 g/mol. The smallest absolute Gasteiger partial charge is 0.0335 e. The molecule has 0 aromatic rings. The Bertz CT molecular complexity index is 216. The highest BCUT2D eigenvalue weighted by Crippen LogP contribution is 2.38. The van der Waals surface area contributed by atoms with Crippen molar-refractivity contribution in [2.45, 2.75) is 44.6 Å². The topological polar surface area (TPSA) is 29.3 Å². The highest BCUT2D eigenvalue weighted by atomic mass is 32.2. The van der Waals surface area contributed by atoms with Crippen molar-refractivity contribution in [1.82, 2.24) is 4.90 Å². The van der Waals surface area contributed by atoms with Crippen LogP contribution < -0.4 is 5.73 Å². The molecule has 3 heteroatoms. The predicted molar refractivity (Wildman–Crippen MR) is 72.9 cm³/mol. The maximum absolute atomic E-state index is 6.14. The first-order valence-electron chi connectivity index (χ1n) is 6.83. The van der Waals surface area contributed by atoms with E-state index >= 15 is 0 Å². The lowest BCUT2D eigenvalue weighted by Gasteiger charge is -2.49. The van der Waals surface area contributed by atoms with Gasteiger partial charge in [-0.2, -0.15) is 11.8 Å². The van der Waals surface area contributed by atoms with Crippen LogP contribution in [0.2, 0.25) is 0 Å². The maximum Gasteiger partial charge on any atom is 0.0335 e. The Morgan fingerprint density at radius 2 is 2.12 bits per heavy atom. The molecule has 2 fully saturated rings. The van der Waals surface area contributed by atoms with E-state index in [2.05, 4.69) is 23.6 Å². The molecule has 1 saturated carbocycles. The van der Waals surface area contributed by atoms with Gasteiger partial charge in [0.1, 0.15) is 0 Å². The molecule has 1 heterocycles. The molecule has 0 bridgehead atoms. The Balaban J connectivity index is 2.04. The number of nitrogens with zero attached hydrogens (tertiary/aromatic N) is 1. The fourth-order valence-electron chi connectivity index (χ4n) is 3.45. The number of nitrogens with two attached hydrogens (primary N) is 1. The molecule has 1 aliphatic heterocycles. The summed E-state index contributed by atoms with van der Waals surface area (Å²) in [4.78, 5) is 2.71. The fourth-order valence-corrected chi connectivity index (χ4v) is 4.35. The summed E-state index contributed by atoms with van der Waals surface area (Å²) in [6.07, 6.45) is 6.85. The summed E-state index contributed by atoms with van der Waals surface area (Å²) in [7, 11) is 0. The van der Waals surface area contributed by atoms with Crippen LogP contribution in [-0.4, -0.2) is 41.6 Å². The second kappa shape index (κ2) is 5.74. The van der Waals surface area contributed by atoms with Crippen molar-refractivity contribution >= 4 is 11.8 Å². The van der Waals surface area contributed by atoms with Gasteiger partial charge in [-0.05, 0) is 18.8 Å². The number of rotatable bonds is 3. The van der Waals surface area contributed by atoms with Gasteiger partial charge in [0.15, 0.2) is 0 Å². The fraction of sp³-hybridized carbons (Fsp3) is 1.00. The minimum atomic E-state index is 0.361. The van der Waals surface area contributed by atoms with Crippen molar-refractivity contribution in [3.63, 3.8) is 0 Å². The SMILES string of the molecule is CCC1CCCC(CN)(N2CCSCC2)C1. The molecule has 2 N–H and O–H groups in total. The van der Waals surface area contributed by atoms with Gasteiger partial charge >= 0.3 is 0 Å². The highest BCUT2D eigenvalue weighted by Gasteiger charge is 2.39. The molecule has 0 aromatic carbocycles. The third-order valence-corrected chi connectivity index (χ3v) is 5.50. The summed E-state index contributed by atoms with van der Waals surface area (Å²) in [6.45, 7) is 5.73. The van der Waals surface area contributed by atoms with Crippen LogP contribution in [-0.2, 0) is 0 Å². The van der Waals surface area contributed by atoms with Crippen molar-refractivity contribution in [3.05, 3.63) is 0 Å². The number of thioether (sulfide) groups is 1. The largest absolute Gasteiger partial charge is 0.329 e. The van der Waals surface area contributed by atoms with E-state index in [9.17, 15) is 0 Å². The van der Waals surface area contributed by atoms with Crippen molar-refractivity contribution in [2.24, 2.45) is 11.7 Å². The molecular weight excluding hydrogens is 216 g/mol. The minimum Gasteiger partial charge on any atom is -0.329 e. The first-order chi connectivity index (χ1) is 7.80. The molecule has 2 aliphatic rings. The first kappa shape index (κ1) is 12.7. The van der Waals surface area contributed by atoms with Crippen molar-refractivity contribution in [3.8, 4) is 0 Å². The van der Waals surface area contributed by atoms with Crippen molar-refractivity contribution < 1.29 is 0 Å². The Morgan fingerprint density at radius 3 is 2.75 bits per heavy atom. The molecule has 0 aromatic heterocycles. The summed E-state index contributed by atoms with van der Waals surface area (Å²) >= 11 is 2.10. The molecule has 94 valence electrons. The molecule has 1 aliphatic carbocycles. The van der Waals surface area contributed by atoms with E-state index in [-0.39, 0.29) is 0 Å². The van der Waals surface area contributed by atoms with Gasteiger partial charge in [-0.25, -0.2) is 0 Å². The van der Waals surface area contributed by atoms with Crippen LogP contribution in [0.4, 0.5) is 0 Å². The third kappa shape index (κ3) is 2.57. The summed E-state index contributed by atoms with van der Waals surface area (Å²) < 4.78 is 0. The Morgan fingerprint density at radius 1 is 1.38 bits per heavy atom. The summed E-state index contributed by atoms with van der Waals surface area (Å²) in [5, 5.41) is 0. The van der Waals surface area contributed by atoms with E-state index in [1.165, 1.54) is 56.7 Å². The summed E-state index contributed by atoms with van der Waals surface area (Å²) in [5.41, 5.74) is 6.50. The van der Waals surface area contributed by atoms with Crippen LogP contribution in [0.25, 0.3) is 0 Å². The molecule has 0 amide bonds. The van der Waals surface area contributed by atoms with Crippen molar-refractivity contribution in [1.29, 1.82) is 0 Å². The standard InChI is InChI=1S/C13H26N2S/c1-2-12-4-3-5-13(10-12,11-14)15-6-8-16-9-7-15/h12H,2-11,14H2,1H3. The highest BCUT2D eigenvalue weighted by molar-refractivity contribution is 7.99. The van der Waals surface area contributed by atoms with E-state index in [1.54, 1.807) is 0 Å². The van der Waals surface area contributed by atoms with Gasteiger partial charge in [-0.1, -0.05) is 26.2 Å². The van der Waals surface area contributed by atoms with Crippen LogP contribution in [0.1, 0.15) is 39.0 Å². The van der Waals surface area contributed by atoms with E-state index < -0.39 is 0 Å².